The fourth-order valence-electron chi connectivity index (χ4n) is 4.75. The zero-order chi connectivity index (χ0) is 21.5. The van der Waals surface area contributed by atoms with Gasteiger partial charge in [-0.05, 0) is 37.5 Å². The van der Waals surface area contributed by atoms with Gasteiger partial charge in [0.1, 0.15) is 5.39 Å². The molecular weight excluding hydrogens is 410 g/mol. The summed E-state index contributed by atoms with van der Waals surface area (Å²) in [5.41, 5.74) is 2.47. The summed E-state index contributed by atoms with van der Waals surface area (Å²) in [5, 5.41) is 5.60. The van der Waals surface area contributed by atoms with Gasteiger partial charge in [0.2, 0.25) is 5.91 Å². The number of amides is 1. The van der Waals surface area contributed by atoms with Gasteiger partial charge in [-0.2, -0.15) is 5.10 Å². The van der Waals surface area contributed by atoms with Crippen molar-refractivity contribution in [2.24, 2.45) is 0 Å². The topological polar surface area (TPSA) is 73.0 Å². The molecule has 1 fully saturated rings. The molecule has 0 radical (unpaired) electrons. The number of carbonyl (C=O) groups is 1. The number of thioether (sulfide) groups is 1. The molecule has 0 N–H and O–H groups in total. The van der Waals surface area contributed by atoms with Crippen molar-refractivity contribution in [3.8, 4) is 5.69 Å². The van der Waals surface area contributed by atoms with Gasteiger partial charge in [0.25, 0.3) is 5.56 Å². The van der Waals surface area contributed by atoms with E-state index in [1.807, 2.05) is 43.1 Å². The molecule has 1 aliphatic heterocycles. The molecule has 7 nitrogen and oxygen atoms in total. The van der Waals surface area contributed by atoms with E-state index in [-0.39, 0.29) is 17.5 Å². The van der Waals surface area contributed by atoms with Crippen LogP contribution in [-0.4, -0.2) is 49.0 Å². The Balaban J connectivity index is 1.44. The van der Waals surface area contributed by atoms with Crippen molar-refractivity contribution in [2.45, 2.75) is 62.7 Å². The average molecular weight is 438 g/mol. The summed E-state index contributed by atoms with van der Waals surface area (Å²) in [7, 11) is 1.91. The minimum atomic E-state index is -0.162. The first-order valence-electron chi connectivity index (χ1n) is 11.0. The van der Waals surface area contributed by atoms with Crippen molar-refractivity contribution in [3.05, 3.63) is 46.4 Å². The third kappa shape index (κ3) is 3.67. The standard InChI is InChI=1S/C23H27N5O2S/c1-15-7-6-10-17(11-15)28-21-19(13-24-28)22(30)27-18(14-31-23(27)25-21)12-20(29)26(2)16-8-4-3-5-9-16/h6-7,10-11,13,16,18H,3-5,8-9,12,14H2,1-2H3. The van der Waals surface area contributed by atoms with Gasteiger partial charge < -0.3 is 4.90 Å². The molecule has 1 unspecified atom stereocenters. The summed E-state index contributed by atoms with van der Waals surface area (Å²) < 4.78 is 3.43. The fraction of sp³-hybridized carbons (Fsp3) is 0.478. The molecule has 1 aromatic carbocycles. The maximum Gasteiger partial charge on any atom is 0.265 e. The molecule has 162 valence electrons. The first-order chi connectivity index (χ1) is 15.0. The van der Waals surface area contributed by atoms with Gasteiger partial charge in [0.05, 0.1) is 17.9 Å². The van der Waals surface area contributed by atoms with Crippen LogP contribution in [0.3, 0.4) is 0 Å². The number of aromatic nitrogens is 4. The quantitative estimate of drug-likeness (QED) is 0.582. The monoisotopic (exact) mass is 437 g/mol. The molecule has 0 bridgehead atoms. The van der Waals surface area contributed by atoms with Crippen LogP contribution in [0, 0.1) is 6.92 Å². The lowest BCUT2D eigenvalue weighted by molar-refractivity contribution is -0.133. The molecule has 1 aliphatic carbocycles. The Bertz CT molecular complexity index is 1190. The van der Waals surface area contributed by atoms with Crippen LogP contribution in [0.2, 0.25) is 0 Å². The van der Waals surface area contributed by atoms with E-state index in [2.05, 4.69) is 5.10 Å². The second-order valence-corrected chi connectivity index (χ2v) is 9.65. The minimum absolute atomic E-state index is 0.109. The first-order valence-corrected chi connectivity index (χ1v) is 12.0. The number of hydrogen-bond donors (Lipinski definition) is 0. The summed E-state index contributed by atoms with van der Waals surface area (Å²) in [6, 6.07) is 8.15. The zero-order valence-electron chi connectivity index (χ0n) is 18.0. The lowest BCUT2D eigenvalue weighted by Crippen LogP contribution is -2.39. The molecule has 8 heteroatoms. The van der Waals surface area contributed by atoms with Gasteiger partial charge in [-0.15, -0.1) is 0 Å². The van der Waals surface area contributed by atoms with E-state index >= 15 is 0 Å². The molecular formula is C23H27N5O2S. The van der Waals surface area contributed by atoms with E-state index < -0.39 is 0 Å². The summed E-state index contributed by atoms with van der Waals surface area (Å²) in [6.07, 6.45) is 7.74. The molecule has 0 saturated heterocycles. The molecule has 1 amide bonds. The summed E-state index contributed by atoms with van der Waals surface area (Å²) in [5.74, 6) is 0.810. The van der Waals surface area contributed by atoms with Crippen LogP contribution < -0.4 is 5.56 Å². The molecule has 1 atom stereocenters. The number of nitrogens with zero attached hydrogens (tertiary/aromatic N) is 5. The van der Waals surface area contributed by atoms with E-state index in [0.717, 1.165) is 24.1 Å². The number of fused-ring (bicyclic) bond motifs is 2. The van der Waals surface area contributed by atoms with Crippen molar-refractivity contribution in [1.29, 1.82) is 0 Å². The fourth-order valence-corrected chi connectivity index (χ4v) is 5.88. The van der Waals surface area contributed by atoms with Gasteiger partial charge in [0.15, 0.2) is 10.8 Å². The molecule has 3 aromatic rings. The van der Waals surface area contributed by atoms with Gasteiger partial charge in [-0.25, -0.2) is 9.67 Å². The van der Waals surface area contributed by atoms with Crippen LogP contribution in [0.15, 0.2) is 40.4 Å². The molecule has 2 aromatic heterocycles. The highest BCUT2D eigenvalue weighted by molar-refractivity contribution is 7.99. The van der Waals surface area contributed by atoms with E-state index in [0.29, 0.717) is 34.4 Å². The number of benzene rings is 1. The highest BCUT2D eigenvalue weighted by Gasteiger charge is 2.31. The zero-order valence-corrected chi connectivity index (χ0v) is 18.8. The number of hydrogen-bond acceptors (Lipinski definition) is 5. The highest BCUT2D eigenvalue weighted by atomic mass is 32.2. The Morgan fingerprint density at radius 2 is 2.06 bits per heavy atom. The smallest absolute Gasteiger partial charge is 0.265 e. The molecule has 0 spiro atoms. The van der Waals surface area contributed by atoms with Crippen molar-refractivity contribution in [2.75, 3.05) is 12.8 Å². The Morgan fingerprint density at radius 3 is 2.84 bits per heavy atom. The van der Waals surface area contributed by atoms with Crippen molar-refractivity contribution < 1.29 is 4.79 Å². The second kappa shape index (κ2) is 8.15. The van der Waals surface area contributed by atoms with Gasteiger partial charge in [-0.1, -0.05) is 43.2 Å². The third-order valence-electron chi connectivity index (χ3n) is 6.54. The van der Waals surface area contributed by atoms with Crippen molar-refractivity contribution in [3.63, 3.8) is 0 Å². The van der Waals surface area contributed by atoms with Crippen LogP contribution in [0.1, 0.15) is 50.1 Å². The Kier molecular flexibility index (Phi) is 5.33. The summed E-state index contributed by atoms with van der Waals surface area (Å²) >= 11 is 1.54. The number of rotatable bonds is 4. The van der Waals surface area contributed by atoms with E-state index in [9.17, 15) is 9.59 Å². The highest BCUT2D eigenvalue weighted by Crippen LogP contribution is 2.34. The largest absolute Gasteiger partial charge is 0.343 e. The SMILES string of the molecule is Cc1cccc(-n2ncc3c(=O)n4c(nc32)SCC4CC(=O)N(C)C2CCCCC2)c1. The Morgan fingerprint density at radius 1 is 1.26 bits per heavy atom. The lowest BCUT2D eigenvalue weighted by atomic mass is 9.94. The van der Waals surface area contributed by atoms with Gasteiger partial charge >= 0.3 is 0 Å². The molecule has 2 aliphatic rings. The van der Waals surface area contributed by atoms with Crippen LogP contribution in [0.4, 0.5) is 0 Å². The van der Waals surface area contributed by atoms with Crippen molar-refractivity contribution in [1.82, 2.24) is 24.2 Å². The van der Waals surface area contributed by atoms with E-state index in [1.165, 1.54) is 19.3 Å². The van der Waals surface area contributed by atoms with E-state index in [4.69, 9.17) is 4.98 Å². The molecule has 5 rings (SSSR count). The second-order valence-electron chi connectivity index (χ2n) is 8.67. The maximum absolute atomic E-state index is 13.3. The Hall–Kier alpha value is -2.61. The molecule has 1 saturated carbocycles. The van der Waals surface area contributed by atoms with Crippen LogP contribution in [-0.2, 0) is 4.79 Å². The average Bonchev–Trinajstić information content (AvgIpc) is 3.39. The summed E-state index contributed by atoms with van der Waals surface area (Å²) in [6.45, 7) is 2.02. The van der Waals surface area contributed by atoms with Gasteiger partial charge in [-0.3, -0.25) is 14.2 Å². The lowest BCUT2D eigenvalue weighted by Gasteiger charge is -2.32. The first kappa shape index (κ1) is 20.3. The minimum Gasteiger partial charge on any atom is -0.343 e. The van der Waals surface area contributed by atoms with Crippen molar-refractivity contribution >= 4 is 28.7 Å². The predicted octanol–water partition coefficient (Wildman–Crippen LogP) is 3.72. The molecule has 31 heavy (non-hydrogen) atoms. The normalized spacial score (nSPS) is 19.0. The maximum atomic E-state index is 13.3. The Labute approximate surface area is 185 Å². The van der Waals surface area contributed by atoms with Gasteiger partial charge in [0, 0.05) is 25.3 Å². The number of carbonyl (C=O) groups excluding carboxylic acids is 1. The van der Waals surface area contributed by atoms with Crippen LogP contribution in [0.25, 0.3) is 16.7 Å². The predicted molar refractivity (Wildman–Crippen MR) is 122 cm³/mol. The van der Waals surface area contributed by atoms with E-state index in [1.54, 1.807) is 27.2 Å². The van der Waals surface area contributed by atoms with Crippen LogP contribution in [0.5, 0.6) is 0 Å². The molecule has 3 heterocycles. The number of aryl methyl sites for hydroxylation is 1. The van der Waals surface area contributed by atoms with Crippen LogP contribution >= 0.6 is 11.8 Å². The summed E-state index contributed by atoms with van der Waals surface area (Å²) in [4.78, 5) is 33.0. The third-order valence-corrected chi connectivity index (χ3v) is 7.64.